The second kappa shape index (κ2) is 5.86. The molecule has 6 heteroatoms. The molecule has 18 heavy (non-hydrogen) atoms. The van der Waals surface area contributed by atoms with Crippen LogP contribution in [0, 0.1) is 0 Å². The van der Waals surface area contributed by atoms with E-state index in [9.17, 15) is 8.42 Å². The van der Waals surface area contributed by atoms with E-state index in [0.29, 0.717) is 12.3 Å². The van der Waals surface area contributed by atoms with E-state index in [1.54, 1.807) is 6.07 Å². The first kappa shape index (κ1) is 15.2. The van der Waals surface area contributed by atoms with E-state index < -0.39 is 10.0 Å². The Morgan fingerprint density at radius 1 is 1.28 bits per heavy atom. The van der Waals surface area contributed by atoms with Gasteiger partial charge in [0, 0.05) is 5.54 Å². The molecule has 0 spiro atoms. The third-order valence-corrected chi connectivity index (χ3v) is 4.71. The molecule has 1 heterocycles. The molecule has 0 amide bonds. The van der Waals surface area contributed by atoms with Crippen molar-refractivity contribution in [3.63, 3.8) is 0 Å². The molecule has 0 unspecified atom stereocenters. The first-order chi connectivity index (χ1) is 8.37. The van der Waals surface area contributed by atoms with E-state index >= 15 is 0 Å². The van der Waals surface area contributed by atoms with Gasteiger partial charge in [0.15, 0.2) is 0 Å². The average Bonchev–Trinajstić information content (AvgIpc) is 2.85. The van der Waals surface area contributed by atoms with Crippen molar-refractivity contribution in [3.8, 4) is 0 Å². The van der Waals surface area contributed by atoms with Crippen molar-refractivity contribution >= 4 is 10.0 Å². The Labute approximate surface area is 109 Å². The fraction of sp³-hybridized carbons (Fsp3) is 0.667. The van der Waals surface area contributed by atoms with Gasteiger partial charge in [-0.2, -0.15) is 0 Å². The Kier molecular flexibility index (Phi) is 4.95. The van der Waals surface area contributed by atoms with E-state index in [2.05, 4.69) is 30.8 Å². The van der Waals surface area contributed by atoms with Crippen molar-refractivity contribution in [2.75, 3.05) is 7.05 Å². The minimum atomic E-state index is -3.49. The van der Waals surface area contributed by atoms with Crippen LogP contribution in [0.1, 0.15) is 39.4 Å². The summed E-state index contributed by atoms with van der Waals surface area (Å²) in [4.78, 5) is 0. The Bertz CT molecular complexity index is 475. The second-order valence-electron chi connectivity index (χ2n) is 4.55. The molecule has 1 aromatic heterocycles. The number of furan rings is 1. The zero-order chi connectivity index (χ0) is 13.8. The fourth-order valence-corrected chi connectivity index (χ4v) is 2.16. The molecule has 1 rings (SSSR count). The van der Waals surface area contributed by atoms with E-state index in [-0.39, 0.29) is 10.6 Å². The van der Waals surface area contributed by atoms with Crippen LogP contribution in [0.5, 0.6) is 0 Å². The van der Waals surface area contributed by atoms with E-state index in [1.807, 2.05) is 0 Å². The van der Waals surface area contributed by atoms with Crippen LogP contribution >= 0.6 is 0 Å². The largest absolute Gasteiger partial charge is 0.447 e. The maximum Gasteiger partial charge on any atom is 0.273 e. The van der Waals surface area contributed by atoms with Gasteiger partial charge in [0.25, 0.3) is 10.0 Å². The number of hydrogen-bond donors (Lipinski definition) is 2. The topological polar surface area (TPSA) is 71.3 Å². The summed E-state index contributed by atoms with van der Waals surface area (Å²) >= 11 is 0. The highest BCUT2D eigenvalue weighted by Crippen LogP contribution is 2.17. The predicted molar refractivity (Wildman–Crippen MR) is 70.8 cm³/mol. The van der Waals surface area contributed by atoms with E-state index in [4.69, 9.17) is 4.42 Å². The molecule has 0 aliphatic rings. The highest BCUT2D eigenvalue weighted by atomic mass is 32.2. The molecule has 0 saturated carbocycles. The Morgan fingerprint density at radius 3 is 2.39 bits per heavy atom. The zero-order valence-electron chi connectivity index (χ0n) is 11.4. The smallest absolute Gasteiger partial charge is 0.273 e. The molecular formula is C12H22N2O3S. The van der Waals surface area contributed by atoms with Crippen molar-refractivity contribution in [1.82, 2.24) is 10.0 Å². The molecule has 5 nitrogen and oxygen atoms in total. The van der Waals surface area contributed by atoms with Crippen molar-refractivity contribution in [3.05, 3.63) is 17.9 Å². The summed E-state index contributed by atoms with van der Waals surface area (Å²) in [5.74, 6) is 0.622. The summed E-state index contributed by atoms with van der Waals surface area (Å²) in [6.07, 6.45) is 2.01. The monoisotopic (exact) mass is 274 g/mol. The quantitative estimate of drug-likeness (QED) is 0.796. The summed E-state index contributed by atoms with van der Waals surface area (Å²) in [6.45, 7) is 6.91. The summed E-state index contributed by atoms with van der Waals surface area (Å²) in [7, 11) is -2.12. The molecule has 0 atom stereocenters. The normalized spacial score (nSPS) is 12.9. The van der Waals surface area contributed by atoms with Crippen LogP contribution in [0.2, 0.25) is 0 Å². The fourth-order valence-electron chi connectivity index (χ4n) is 1.50. The maximum absolute atomic E-state index is 11.5. The Morgan fingerprint density at radius 2 is 1.89 bits per heavy atom. The van der Waals surface area contributed by atoms with Crippen molar-refractivity contribution in [2.45, 2.75) is 50.8 Å². The van der Waals surface area contributed by atoms with Crippen LogP contribution < -0.4 is 10.0 Å². The minimum absolute atomic E-state index is 0.0449. The van der Waals surface area contributed by atoms with Gasteiger partial charge in [-0.3, -0.25) is 0 Å². The van der Waals surface area contributed by atoms with E-state index in [1.165, 1.54) is 13.1 Å². The summed E-state index contributed by atoms with van der Waals surface area (Å²) in [5, 5.41) is 3.34. The van der Waals surface area contributed by atoms with Gasteiger partial charge >= 0.3 is 0 Å². The van der Waals surface area contributed by atoms with Gasteiger partial charge in [-0.05, 0) is 38.9 Å². The molecule has 0 fully saturated rings. The van der Waals surface area contributed by atoms with Crippen molar-refractivity contribution in [2.24, 2.45) is 0 Å². The van der Waals surface area contributed by atoms with Crippen molar-refractivity contribution < 1.29 is 12.8 Å². The molecule has 2 N–H and O–H groups in total. The first-order valence-corrected chi connectivity index (χ1v) is 7.62. The Hall–Kier alpha value is -0.850. The zero-order valence-corrected chi connectivity index (χ0v) is 12.2. The van der Waals surface area contributed by atoms with Crippen molar-refractivity contribution in [1.29, 1.82) is 0 Å². The molecule has 0 aliphatic carbocycles. The van der Waals surface area contributed by atoms with Gasteiger partial charge in [0.05, 0.1) is 6.54 Å². The van der Waals surface area contributed by atoms with Gasteiger partial charge in [-0.25, -0.2) is 13.1 Å². The first-order valence-electron chi connectivity index (χ1n) is 6.14. The minimum Gasteiger partial charge on any atom is -0.447 e. The number of sulfonamides is 1. The molecule has 0 bridgehead atoms. The average molecular weight is 274 g/mol. The lowest BCUT2D eigenvalue weighted by Crippen LogP contribution is -2.40. The predicted octanol–water partition coefficient (Wildman–Crippen LogP) is 1.86. The lowest BCUT2D eigenvalue weighted by atomic mass is 9.95. The van der Waals surface area contributed by atoms with Gasteiger partial charge in [0.1, 0.15) is 5.76 Å². The maximum atomic E-state index is 11.5. The summed E-state index contributed by atoms with van der Waals surface area (Å²) < 4.78 is 30.5. The molecule has 0 aliphatic heterocycles. The number of nitrogens with one attached hydrogen (secondary N) is 2. The molecular weight excluding hydrogens is 252 g/mol. The molecule has 104 valence electrons. The molecule has 1 aromatic rings. The van der Waals surface area contributed by atoms with Crippen LogP contribution in [0.15, 0.2) is 21.6 Å². The van der Waals surface area contributed by atoms with Crippen LogP contribution in [-0.4, -0.2) is 21.0 Å². The number of hydrogen-bond acceptors (Lipinski definition) is 4. The van der Waals surface area contributed by atoms with Crippen LogP contribution in [0.3, 0.4) is 0 Å². The number of rotatable bonds is 7. The molecule has 0 saturated heterocycles. The standard InChI is InChI=1S/C12H22N2O3S/c1-5-12(3,6-2)14-9-10-7-8-11(17-10)18(15,16)13-4/h7-8,13-14H,5-6,9H2,1-4H3. The highest BCUT2D eigenvalue weighted by molar-refractivity contribution is 7.89. The van der Waals surface area contributed by atoms with Gasteiger partial charge in [-0.15, -0.1) is 0 Å². The lowest BCUT2D eigenvalue weighted by Gasteiger charge is -2.27. The SMILES string of the molecule is CCC(C)(CC)NCc1ccc(S(=O)(=O)NC)o1. The van der Waals surface area contributed by atoms with Gasteiger partial charge in [-0.1, -0.05) is 13.8 Å². The van der Waals surface area contributed by atoms with Crippen LogP contribution in [0.25, 0.3) is 0 Å². The lowest BCUT2D eigenvalue weighted by molar-refractivity contribution is 0.305. The second-order valence-corrected chi connectivity index (χ2v) is 6.37. The van der Waals surface area contributed by atoms with Crippen LogP contribution in [0.4, 0.5) is 0 Å². The van der Waals surface area contributed by atoms with E-state index in [0.717, 1.165) is 12.8 Å². The molecule has 0 aromatic carbocycles. The van der Waals surface area contributed by atoms with Gasteiger partial charge in [0.2, 0.25) is 5.09 Å². The third-order valence-electron chi connectivity index (χ3n) is 3.42. The summed E-state index contributed by atoms with van der Waals surface area (Å²) in [6, 6.07) is 3.15. The highest BCUT2D eigenvalue weighted by Gasteiger charge is 2.20. The third kappa shape index (κ3) is 3.57. The molecule has 0 radical (unpaired) electrons. The summed E-state index contributed by atoms with van der Waals surface area (Å²) in [5.41, 5.74) is 0.0504. The Balaban J connectivity index is 2.71. The van der Waals surface area contributed by atoms with Gasteiger partial charge < -0.3 is 9.73 Å². The van der Waals surface area contributed by atoms with Crippen LogP contribution in [-0.2, 0) is 16.6 Å².